The average Bonchev–Trinajstić information content (AvgIpc) is 3.34. The Morgan fingerprint density at radius 1 is 1.44 bits per heavy atom. The summed E-state index contributed by atoms with van der Waals surface area (Å²) in [5, 5.41) is 21.6. The Kier molecular flexibility index (Phi) is 4.67. The van der Waals surface area contributed by atoms with E-state index in [9.17, 15) is 14.3 Å². The molecule has 7 nitrogen and oxygen atoms in total. The second kappa shape index (κ2) is 6.99. The van der Waals surface area contributed by atoms with Crippen molar-refractivity contribution in [1.82, 2.24) is 25.1 Å². The molecule has 1 aromatic heterocycles. The molecule has 1 amide bonds. The number of halogens is 1. The Morgan fingerprint density at radius 2 is 2.30 bits per heavy atom. The highest BCUT2D eigenvalue weighted by Gasteiger charge is 2.52. The highest BCUT2D eigenvalue weighted by molar-refractivity contribution is 5.81. The molecule has 1 unspecified atom stereocenters. The van der Waals surface area contributed by atoms with Gasteiger partial charge in [0.2, 0.25) is 5.91 Å². The zero-order valence-electron chi connectivity index (χ0n) is 15.4. The van der Waals surface area contributed by atoms with Crippen molar-refractivity contribution in [3.63, 3.8) is 0 Å². The van der Waals surface area contributed by atoms with Crippen LogP contribution in [0.15, 0.2) is 24.3 Å². The minimum absolute atomic E-state index is 0.0572. The minimum atomic E-state index is -0.628. The third-order valence-electron chi connectivity index (χ3n) is 6.24. The molecule has 2 heterocycles. The van der Waals surface area contributed by atoms with Crippen molar-refractivity contribution in [3.05, 3.63) is 41.5 Å². The second-order valence-electron chi connectivity index (χ2n) is 7.73. The topological polar surface area (TPSA) is 84.1 Å². The number of rotatable bonds is 5. The van der Waals surface area contributed by atoms with Crippen LogP contribution in [0.25, 0.3) is 0 Å². The predicted octanol–water partition coefficient (Wildman–Crippen LogP) is 1.67. The SMILES string of the molecule is Cc1nnnn1C(Cc1cccc(F)c1)C(=O)N1CC[C@@]2(CO)CCC[C@@H]12. The van der Waals surface area contributed by atoms with Gasteiger partial charge in [-0.3, -0.25) is 4.79 Å². The predicted molar refractivity (Wildman–Crippen MR) is 95.2 cm³/mol. The zero-order chi connectivity index (χ0) is 19.0. The number of tetrazole rings is 1. The monoisotopic (exact) mass is 373 g/mol. The van der Waals surface area contributed by atoms with Gasteiger partial charge >= 0.3 is 0 Å². The van der Waals surface area contributed by atoms with Gasteiger partial charge in [-0.1, -0.05) is 18.6 Å². The third kappa shape index (κ3) is 3.12. The van der Waals surface area contributed by atoms with Gasteiger partial charge < -0.3 is 10.0 Å². The van der Waals surface area contributed by atoms with Gasteiger partial charge in [-0.15, -0.1) is 5.10 Å². The molecule has 1 N–H and O–H groups in total. The van der Waals surface area contributed by atoms with E-state index in [1.807, 2.05) is 4.90 Å². The van der Waals surface area contributed by atoms with Crippen molar-refractivity contribution < 1.29 is 14.3 Å². The number of amides is 1. The first-order chi connectivity index (χ1) is 13.0. The summed E-state index contributed by atoms with van der Waals surface area (Å²) >= 11 is 0. The first kappa shape index (κ1) is 18.0. The van der Waals surface area contributed by atoms with Crippen molar-refractivity contribution in [2.24, 2.45) is 5.41 Å². The first-order valence-corrected chi connectivity index (χ1v) is 9.44. The molecule has 4 rings (SSSR count). The molecule has 1 aliphatic carbocycles. The highest BCUT2D eigenvalue weighted by Crippen LogP contribution is 2.49. The van der Waals surface area contributed by atoms with Crippen LogP contribution >= 0.6 is 0 Å². The van der Waals surface area contributed by atoms with Gasteiger partial charge in [-0.25, -0.2) is 9.07 Å². The molecule has 3 atom stereocenters. The van der Waals surface area contributed by atoms with Gasteiger partial charge in [-0.05, 0) is 54.3 Å². The maximum Gasteiger partial charge on any atom is 0.248 e. The molecule has 1 saturated carbocycles. The number of hydrogen-bond donors (Lipinski definition) is 1. The molecule has 1 saturated heterocycles. The first-order valence-electron chi connectivity index (χ1n) is 9.44. The maximum absolute atomic E-state index is 13.6. The zero-order valence-corrected chi connectivity index (χ0v) is 15.4. The van der Waals surface area contributed by atoms with Crippen LogP contribution in [0, 0.1) is 18.2 Å². The Labute approximate surface area is 157 Å². The van der Waals surface area contributed by atoms with Crippen LogP contribution in [0.1, 0.15) is 43.1 Å². The molecule has 2 aliphatic rings. The van der Waals surface area contributed by atoms with E-state index >= 15 is 0 Å². The minimum Gasteiger partial charge on any atom is -0.396 e. The van der Waals surface area contributed by atoms with Crippen molar-refractivity contribution >= 4 is 5.91 Å². The van der Waals surface area contributed by atoms with Gasteiger partial charge in [0.1, 0.15) is 17.7 Å². The van der Waals surface area contributed by atoms with E-state index in [1.165, 1.54) is 16.8 Å². The van der Waals surface area contributed by atoms with Crippen molar-refractivity contribution in [1.29, 1.82) is 0 Å². The van der Waals surface area contributed by atoms with Gasteiger partial charge in [0.05, 0.1) is 6.61 Å². The fourth-order valence-corrected chi connectivity index (χ4v) is 4.81. The normalized spacial score (nSPS) is 25.6. The summed E-state index contributed by atoms with van der Waals surface area (Å²) in [4.78, 5) is 15.4. The Morgan fingerprint density at radius 3 is 3.00 bits per heavy atom. The van der Waals surface area contributed by atoms with Gasteiger partial charge in [0.25, 0.3) is 0 Å². The van der Waals surface area contributed by atoms with Crippen molar-refractivity contribution in [2.45, 2.75) is 51.1 Å². The number of nitrogens with zero attached hydrogens (tertiary/aromatic N) is 5. The number of carbonyl (C=O) groups excluding carboxylic acids is 1. The largest absolute Gasteiger partial charge is 0.396 e. The lowest BCUT2D eigenvalue weighted by molar-refractivity contribution is -0.137. The van der Waals surface area contributed by atoms with Crippen LogP contribution in [0.3, 0.4) is 0 Å². The summed E-state index contributed by atoms with van der Waals surface area (Å²) in [6, 6.07) is 5.70. The lowest BCUT2D eigenvalue weighted by Crippen LogP contribution is -2.45. The van der Waals surface area contributed by atoms with Crippen LogP contribution in [0.5, 0.6) is 0 Å². The fraction of sp³-hybridized carbons (Fsp3) is 0.579. The van der Waals surface area contributed by atoms with Gasteiger partial charge in [0, 0.05) is 24.4 Å². The third-order valence-corrected chi connectivity index (χ3v) is 6.24. The number of likely N-dealkylation sites (tertiary alicyclic amines) is 1. The van der Waals surface area contributed by atoms with E-state index in [0.717, 1.165) is 31.2 Å². The molecular weight excluding hydrogens is 349 g/mol. The maximum atomic E-state index is 13.6. The lowest BCUT2D eigenvalue weighted by atomic mass is 9.83. The van der Waals surface area contributed by atoms with Crippen molar-refractivity contribution in [3.8, 4) is 0 Å². The summed E-state index contributed by atoms with van der Waals surface area (Å²) < 4.78 is 15.2. The average molecular weight is 373 g/mol. The molecule has 0 bridgehead atoms. The molecule has 144 valence electrons. The van der Waals surface area contributed by atoms with Crippen molar-refractivity contribution in [2.75, 3.05) is 13.2 Å². The van der Waals surface area contributed by atoms with E-state index < -0.39 is 6.04 Å². The molecule has 2 aromatic rings. The lowest BCUT2D eigenvalue weighted by Gasteiger charge is -2.32. The number of aliphatic hydroxyl groups is 1. The number of fused-ring (bicyclic) bond motifs is 1. The van der Waals surface area contributed by atoms with Gasteiger partial charge in [0.15, 0.2) is 0 Å². The molecule has 0 spiro atoms. The van der Waals surface area contributed by atoms with Crippen LogP contribution in [0.2, 0.25) is 0 Å². The number of benzene rings is 1. The Bertz CT molecular complexity index is 841. The molecule has 2 fully saturated rings. The highest BCUT2D eigenvalue weighted by atomic mass is 19.1. The van der Waals surface area contributed by atoms with Crippen LogP contribution in [-0.2, 0) is 11.2 Å². The van der Waals surface area contributed by atoms with Crippen LogP contribution in [-0.4, -0.2) is 55.3 Å². The summed E-state index contributed by atoms with van der Waals surface area (Å²) in [5.41, 5.74) is 0.552. The molecule has 27 heavy (non-hydrogen) atoms. The fourth-order valence-electron chi connectivity index (χ4n) is 4.81. The summed E-state index contributed by atoms with van der Waals surface area (Å²) in [6.07, 6.45) is 4.02. The van der Waals surface area contributed by atoms with Crippen LogP contribution < -0.4 is 0 Å². The van der Waals surface area contributed by atoms with E-state index in [-0.39, 0.29) is 29.8 Å². The number of aliphatic hydroxyl groups excluding tert-OH is 1. The van der Waals surface area contributed by atoms with E-state index in [4.69, 9.17) is 0 Å². The number of hydrogen-bond acceptors (Lipinski definition) is 5. The molecule has 8 heteroatoms. The van der Waals surface area contributed by atoms with E-state index in [0.29, 0.717) is 18.8 Å². The number of carbonyl (C=O) groups is 1. The molecule has 0 radical (unpaired) electrons. The van der Waals surface area contributed by atoms with Crippen LogP contribution in [0.4, 0.5) is 4.39 Å². The molecular formula is C19H24FN5O2. The summed E-state index contributed by atoms with van der Waals surface area (Å²) in [5.74, 6) is 0.157. The Balaban J connectivity index is 1.65. The summed E-state index contributed by atoms with van der Waals surface area (Å²) in [6.45, 7) is 2.49. The van der Waals surface area contributed by atoms with Gasteiger partial charge in [-0.2, -0.15) is 0 Å². The second-order valence-corrected chi connectivity index (χ2v) is 7.73. The molecule has 1 aromatic carbocycles. The Hall–Kier alpha value is -2.35. The number of aryl methyl sites for hydroxylation is 1. The van der Waals surface area contributed by atoms with E-state index in [1.54, 1.807) is 19.1 Å². The van der Waals surface area contributed by atoms with E-state index in [2.05, 4.69) is 15.5 Å². The summed E-state index contributed by atoms with van der Waals surface area (Å²) in [7, 11) is 0. The smallest absolute Gasteiger partial charge is 0.248 e. The molecule has 1 aliphatic heterocycles. The standard InChI is InChI=1S/C19H24FN5O2/c1-13-21-22-23-25(13)16(11-14-4-2-5-15(20)10-14)18(27)24-9-8-19(12-26)7-3-6-17(19)24/h2,4-5,10,16-17,26H,3,6-9,11-12H2,1H3/t16?,17-,19-/m1/s1. The number of aromatic nitrogens is 4. The quantitative estimate of drug-likeness (QED) is 0.862.